The number of benzene rings is 1. The lowest BCUT2D eigenvalue weighted by Gasteiger charge is -2.23. The first kappa shape index (κ1) is 17.8. The summed E-state index contributed by atoms with van der Waals surface area (Å²) in [5.74, 6) is 1.37. The molecule has 1 rings (SSSR count). The Labute approximate surface area is 131 Å². The van der Waals surface area contributed by atoms with Crippen LogP contribution in [0.3, 0.4) is 0 Å². The highest BCUT2D eigenvalue weighted by molar-refractivity contribution is 6.70. The molecular formula is C18H30O2Si. The summed E-state index contributed by atoms with van der Waals surface area (Å²) in [5, 5.41) is 0. The minimum Gasteiger partial charge on any atom is -0.520 e. The lowest BCUT2D eigenvalue weighted by atomic mass is 10.00. The number of ether oxygens (including phenoxy) is 1. The van der Waals surface area contributed by atoms with Crippen molar-refractivity contribution in [2.75, 3.05) is 6.61 Å². The second kappa shape index (κ2) is 7.69. The molecule has 0 saturated carbocycles. The third-order valence-electron chi connectivity index (χ3n) is 3.01. The standard InChI is InChI=1S/C18H30O2Si/c1-8-19-18(20-21(5,6)7)15(4)17-11-9-16(10-12-17)13-14(2)3/h9-12,14H,8,13H2,1-7H3. The average Bonchev–Trinajstić information content (AvgIpc) is 2.36. The van der Waals surface area contributed by atoms with Gasteiger partial charge in [0.1, 0.15) is 0 Å². The maximum absolute atomic E-state index is 6.09. The van der Waals surface area contributed by atoms with Crippen molar-refractivity contribution in [1.82, 2.24) is 0 Å². The average molecular weight is 307 g/mol. The number of hydrogen-bond acceptors (Lipinski definition) is 2. The molecule has 0 bridgehead atoms. The zero-order valence-corrected chi connectivity index (χ0v) is 15.6. The summed E-state index contributed by atoms with van der Waals surface area (Å²) < 4.78 is 11.8. The van der Waals surface area contributed by atoms with Crippen LogP contribution in [0.15, 0.2) is 30.2 Å². The number of allylic oxidation sites excluding steroid dienone is 1. The van der Waals surface area contributed by atoms with E-state index >= 15 is 0 Å². The highest BCUT2D eigenvalue weighted by Crippen LogP contribution is 2.24. The van der Waals surface area contributed by atoms with E-state index in [0.29, 0.717) is 18.5 Å². The molecule has 0 aliphatic heterocycles. The maximum Gasteiger partial charge on any atom is 0.268 e. The van der Waals surface area contributed by atoms with E-state index in [4.69, 9.17) is 9.16 Å². The van der Waals surface area contributed by atoms with E-state index in [-0.39, 0.29) is 0 Å². The first-order valence-electron chi connectivity index (χ1n) is 7.85. The van der Waals surface area contributed by atoms with Gasteiger partial charge in [0.25, 0.3) is 5.95 Å². The summed E-state index contributed by atoms with van der Waals surface area (Å²) in [5.41, 5.74) is 3.63. The molecule has 0 aliphatic rings. The van der Waals surface area contributed by atoms with Crippen LogP contribution in [0.5, 0.6) is 0 Å². The fourth-order valence-electron chi connectivity index (χ4n) is 2.10. The Balaban J connectivity index is 3.00. The fraction of sp³-hybridized carbons (Fsp3) is 0.556. The molecule has 21 heavy (non-hydrogen) atoms. The van der Waals surface area contributed by atoms with Crippen LogP contribution in [0.4, 0.5) is 0 Å². The van der Waals surface area contributed by atoms with Gasteiger partial charge in [-0.15, -0.1) is 0 Å². The quantitative estimate of drug-likeness (QED) is 0.492. The Morgan fingerprint density at radius 1 is 1.10 bits per heavy atom. The van der Waals surface area contributed by atoms with Crippen LogP contribution in [-0.4, -0.2) is 14.9 Å². The van der Waals surface area contributed by atoms with Crippen LogP contribution in [0.25, 0.3) is 5.57 Å². The van der Waals surface area contributed by atoms with Crippen LogP contribution >= 0.6 is 0 Å². The smallest absolute Gasteiger partial charge is 0.268 e. The summed E-state index contributed by atoms with van der Waals surface area (Å²) in [6.45, 7) is 15.7. The van der Waals surface area contributed by atoms with Gasteiger partial charge in [0.05, 0.1) is 6.61 Å². The first-order chi connectivity index (χ1) is 9.73. The highest BCUT2D eigenvalue weighted by Gasteiger charge is 2.20. The molecule has 0 fully saturated rings. The summed E-state index contributed by atoms with van der Waals surface area (Å²) >= 11 is 0. The third-order valence-corrected chi connectivity index (χ3v) is 3.81. The molecule has 118 valence electrons. The lowest BCUT2D eigenvalue weighted by Crippen LogP contribution is -2.26. The van der Waals surface area contributed by atoms with Gasteiger partial charge in [0.15, 0.2) is 0 Å². The summed E-state index contributed by atoms with van der Waals surface area (Å²) in [7, 11) is -1.67. The predicted molar refractivity (Wildman–Crippen MR) is 93.6 cm³/mol. The fourth-order valence-corrected chi connectivity index (χ4v) is 2.87. The molecule has 0 saturated heterocycles. The molecule has 0 spiro atoms. The number of rotatable bonds is 7. The zero-order chi connectivity index (χ0) is 16.0. The van der Waals surface area contributed by atoms with Crippen LogP contribution in [0.2, 0.25) is 19.6 Å². The van der Waals surface area contributed by atoms with E-state index in [9.17, 15) is 0 Å². The zero-order valence-electron chi connectivity index (χ0n) is 14.6. The first-order valence-corrected chi connectivity index (χ1v) is 11.3. The Kier molecular flexibility index (Phi) is 6.53. The molecule has 2 nitrogen and oxygen atoms in total. The van der Waals surface area contributed by atoms with Crippen molar-refractivity contribution >= 4 is 13.9 Å². The molecule has 1 aromatic carbocycles. The van der Waals surface area contributed by atoms with Crippen LogP contribution in [0.1, 0.15) is 38.8 Å². The Morgan fingerprint density at radius 3 is 2.10 bits per heavy atom. The van der Waals surface area contributed by atoms with Gasteiger partial charge in [-0.05, 0) is 57.0 Å². The van der Waals surface area contributed by atoms with E-state index in [1.165, 1.54) is 11.1 Å². The normalized spacial score (nSPS) is 13.1. The summed E-state index contributed by atoms with van der Waals surface area (Å²) in [6.07, 6.45) is 1.12. The molecule has 0 aromatic heterocycles. The second-order valence-electron chi connectivity index (χ2n) is 6.85. The van der Waals surface area contributed by atoms with Gasteiger partial charge in [-0.3, -0.25) is 0 Å². The van der Waals surface area contributed by atoms with Crippen molar-refractivity contribution in [1.29, 1.82) is 0 Å². The van der Waals surface area contributed by atoms with Crippen molar-refractivity contribution in [3.8, 4) is 0 Å². The predicted octanol–water partition coefficient (Wildman–Crippen LogP) is 5.46. The maximum atomic E-state index is 6.09. The van der Waals surface area contributed by atoms with E-state index < -0.39 is 8.32 Å². The van der Waals surface area contributed by atoms with Gasteiger partial charge in [0, 0.05) is 5.57 Å². The van der Waals surface area contributed by atoms with E-state index in [0.717, 1.165) is 12.0 Å². The van der Waals surface area contributed by atoms with Crippen molar-refractivity contribution in [3.63, 3.8) is 0 Å². The topological polar surface area (TPSA) is 18.5 Å². The molecule has 0 unspecified atom stereocenters. The lowest BCUT2D eigenvalue weighted by molar-refractivity contribution is 0.114. The monoisotopic (exact) mass is 306 g/mol. The van der Waals surface area contributed by atoms with Gasteiger partial charge < -0.3 is 9.16 Å². The molecule has 0 amide bonds. The molecule has 0 N–H and O–H groups in total. The van der Waals surface area contributed by atoms with Gasteiger partial charge in [0.2, 0.25) is 8.32 Å². The number of hydrogen-bond donors (Lipinski definition) is 0. The van der Waals surface area contributed by atoms with Gasteiger partial charge >= 0.3 is 0 Å². The van der Waals surface area contributed by atoms with Gasteiger partial charge in [-0.1, -0.05) is 38.1 Å². The minimum atomic E-state index is -1.67. The van der Waals surface area contributed by atoms with Crippen molar-refractivity contribution in [3.05, 3.63) is 41.3 Å². The van der Waals surface area contributed by atoms with Crippen LogP contribution in [0, 0.1) is 5.92 Å². The van der Waals surface area contributed by atoms with Crippen LogP contribution < -0.4 is 0 Å². The van der Waals surface area contributed by atoms with Gasteiger partial charge in [-0.2, -0.15) is 0 Å². The summed E-state index contributed by atoms with van der Waals surface area (Å²) in [6, 6.07) is 8.74. The Hall–Kier alpha value is -1.22. The van der Waals surface area contributed by atoms with Crippen LogP contribution in [-0.2, 0) is 15.6 Å². The SMILES string of the molecule is CCOC(O[Si](C)(C)C)=C(C)c1ccc(CC(C)C)cc1. The molecular weight excluding hydrogens is 276 g/mol. The molecule has 0 aliphatic carbocycles. The van der Waals surface area contributed by atoms with Crippen molar-refractivity contribution in [2.24, 2.45) is 5.92 Å². The molecule has 0 heterocycles. The molecule has 0 radical (unpaired) electrons. The van der Waals surface area contributed by atoms with E-state index in [1.807, 2.05) is 6.92 Å². The second-order valence-corrected chi connectivity index (χ2v) is 11.3. The Morgan fingerprint density at radius 2 is 1.67 bits per heavy atom. The highest BCUT2D eigenvalue weighted by atomic mass is 28.4. The Bertz CT molecular complexity index is 467. The van der Waals surface area contributed by atoms with Crippen molar-refractivity contribution in [2.45, 2.75) is 53.8 Å². The minimum absolute atomic E-state index is 0.628. The van der Waals surface area contributed by atoms with Crippen molar-refractivity contribution < 1.29 is 9.16 Å². The van der Waals surface area contributed by atoms with E-state index in [1.54, 1.807) is 0 Å². The largest absolute Gasteiger partial charge is 0.520 e. The third kappa shape index (κ3) is 6.38. The van der Waals surface area contributed by atoms with E-state index in [2.05, 4.69) is 64.7 Å². The summed E-state index contributed by atoms with van der Waals surface area (Å²) in [4.78, 5) is 0. The molecule has 1 aromatic rings. The molecule has 0 atom stereocenters. The van der Waals surface area contributed by atoms with Gasteiger partial charge in [-0.25, -0.2) is 0 Å². The molecule has 3 heteroatoms.